The molecule has 8 heteroatoms. The maximum Gasteiger partial charge on any atom is 0.414 e. The molecule has 1 saturated carbocycles. The Morgan fingerprint density at radius 2 is 2.03 bits per heavy atom. The first-order valence-corrected chi connectivity index (χ1v) is 10.2. The summed E-state index contributed by atoms with van der Waals surface area (Å²) in [6.07, 6.45) is 5.09. The van der Waals surface area contributed by atoms with Crippen LogP contribution in [0.15, 0.2) is 30.4 Å². The Bertz CT molecular complexity index is 1050. The van der Waals surface area contributed by atoms with E-state index in [2.05, 4.69) is 0 Å². The van der Waals surface area contributed by atoms with Gasteiger partial charge in [0.15, 0.2) is 5.60 Å². The van der Waals surface area contributed by atoms with Crippen molar-refractivity contribution in [2.45, 2.75) is 42.4 Å². The minimum atomic E-state index is -1.04. The Morgan fingerprint density at radius 3 is 2.80 bits per heavy atom. The molecule has 4 bridgehead atoms. The van der Waals surface area contributed by atoms with Crippen LogP contribution in [0.2, 0.25) is 0 Å². The fourth-order valence-electron chi connectivity index (χ4n) is 6.79. The quantitative estimate of drug-likeness (QED) is 0.660. The summed E-state index contributed by atoms with van der Waals surface area (Å²) in [5, 5.41) is 0. The van der Waals surface area contributed by atoms with Crippen LogP contribution in [0.5, 0.6) is 5.75 Å². The minimum Gasteiger partial charge on any atom is -0.497 e. The van der Waals surface area contributed by atoms with Gasteiger partial charge >= 0.3 is 12.1 Å². The Morgan fingerprint density at radius 1 is 1.20 bits per heavy atom. The van der Waals surface area contributed by atoms with Crippen LogP contribution in [0.4, 0.5) is 10.5 Å². The lowest BCUT2D eigenvalue weighted by atomic mass is 9.58. The zero-order valence-corrected chi connectivity index (χ0v) is 16.8. The normalized spacial score (nSPS) is 37.3. The van der Waals surface area contributed by atoms with Gasteiger partial charge in [-0.3, -0.25) is 14.5 Å². The summed E-state index contributed by atoms with van der Waals surface area (Å²) in [6.45, 7) is 0.444. The summed E-state index contributed by atoms with van der Waals surface area (Å²) in [5.41, 5.74) is -0.973. The van der Waals surface area contributed by atoms with E-state index in [4.69, 9.17) is 14.2 Å². The first kappa shape index (κ1) is 17.8. The van der Waals surface area contributed by atoms with Crippen molar-refractivity contribution < 1.29 is 28.6 Å². The van der Waals surface area contributed by atoms with Crippen LogP contribution >= 0.6 is 0 Å². The Balaban J connectivity index is 1.64. The standard InChI is InChI=1S/C22H22N2O6/c1-28-13-3-4-16-14(11-13)22-9-10-23-17(25)5-6-20(23)7-8-21(22,24(16)19(27)29-2)15(12-20)18(26)30-22/h3-6,11,15H,7-10,12H2,1-2H3/t15-,20+,21+,22+/m0/s1. The number of carbonyl (C=O) groups excluding carboxylic acids is 3. The second kappa shape index (κ2) is 5.36. The maximum atomic E-state index is 13.3. The largest absolute Gasteiger partial charge is 0.497 e. The van der Waals surface area contributed by atoms with E-state index < -0.39 is 28.7 Å². The van der Waals surface area contributed by atoms with Gasteiger partial charge in [0.1, 0.15) is 11.3 Å². The van der Waals surface area contributed by atoms with E-state index in [-0.39, 0.29) is 11.9 Å². The van der Waals surface area contributed by atoms with Crippen molar-refractivity contribution in [1.29, 1.82) is 0 Å². The third-order valence-electron chi connectivity index (χ3n) is 7.99. The molecule has 3 saturated heterocycles. The zero-order chi connectivity index (χ0) is 20.9. The smallest absolute Gasteiger partial charge is 0.414 e. The van der Waals surface area contributed by atoms with Gasteiger partial charge in [0.2, 0.25) is 5.91 Å². The van der Waals surface area contributed by atoms with Crippen LogP contribution in [-0.2, 0) is 24.7 Å². The predicted octanol–water partition coefficient (Wildman–Crippen LogP) is 2.11. The first-order chi connectivity index (χ1) is 14.4. The minimum absolute atomic E-state index is 0.0265. The summed E-state index contributed by atoms with van der Waals surface area (Å²) < 4.78 is 16.8. The second-order valence-corrected chi connectivity index (χ2v) is 8.79. The summed E-state index contributed by atoms with van der Waals surface area (Å²) >= 11 is 0. The molecule has 1 aliphatic carbocycles. The van der Waals surface area contributed by atoms with E-state index in [0.717, 1.165) is 5.56 Å². The molecular weight excluding hydrogens is 388 g/mol. The van der Waals surface area contributed by atoms with Crippen LogP contribution in [0.1, 0.15) is 31.2 Å². The fourth-order valence-corrected chi connectivity index (χ4v) is 6.79. The van der Waals surface area contributed by atoms with E-state index >= 15 is 0 Å². The van der Waals surface area contributed by atoms with Gasteiger partial charge in [-0.15, -0.1) is 0 Å². The molecule has 2 amide bonds. The second-order valence-electron chi connectivity index (χ2n) is 8.79. The molecule has 8 nitrogen and oxygen atoms in total. The number of methoxy groups -OCH3 is 2. The Kier molecular flexibility index (Phi) is 3.18. The monoisotopic (exact) mass is 410 g/mol. The molecule has 7 rings (SSSR count). The molecule has 2 spiro atoms. The molecule has 0 aromatic heterocycles. The van der Waals surface area contributed by atoms with E-state index in [9.17, 15) is 14.4 Å². The van der Waals surface area contributed by atoms with E-state index in [1.807, 2.05) is 23.1 Å². The molecule has 0 radical (unpaired) electrons. The molecule has 156 valence electrons. The van der Waals surface area contributed by atoms with Gasteiger partial charge in [0.05, 0.1) is 31.4 Å². The van der Waals surface area contributed by atoms with Crippen molar-refractivity contribution >= 4 is 23.7 Å². The average Bonchev–Trinajstić information content (AvgIpc) is 3.26. The van der Waals surface area contributed by atoms with Crippen LogP contribution in [-0.4, -0.2) is 54.7 Å². The van der Waals surface area contributed by atoms with E-state index in [1.54, 1.807) is 24.2 Å². The predicted molar refractivity (Wildman–Crippen MR) is 104 cm³/mol. The van der Waals surface area contributed by atoms with E-state index in [0.29, 0.717) is 43.7 Å². The number of hydrogen-bond acceptors (Lipinski definition) is 6. The van der Waals surface area contributed by atoms with Gasteiger partial charge in [-0.1, -0.05) is 6.08 Å². The third-order valence-corrected chi connectivity index (χ3v) is 7.99. The van der Waals surface area contributed by atoms with Crippen molar-refractivity contribution in [1.82, 2.24) is 4.90 Å². The highest BCUT2D eigenvalue weighted by atomic mass is 16.6. The molecule has 4 atom stereocenters. The molecule has 6 aliphatic rings. The average molecular weight is 410 g/mol. The number of carbonyl (C=O) groups is 3. The van der Waals surface area contributed by atoms with Crippen LogP contribution in [0.3, 0.4) is 0 Å². The van der Waals surface area contributed by atoms with Gasteiger partial charge in [-0.25, -0.2) is 4.79 Å². The lowest BCUT2D eigenvalue weighted by Gasteiger charge is -2.55. The molecule has 5 aliphatic heterocycles. The molecule has 0 N–H and O–H groups in total. The number of rotatable bonds is 1. The van der Waals surface area contributed by atoms with Crippen LogP contribution < -0.4 is 9.64 Å². The molecule has 4 fully saturated rings. The zero-order valence-electron chi connectivity index (χ0n) is 16.8. The molecule has 0 unspecified atom stereocenters. The molecule has 1 aromatic rings. The molecule has 1 aromatic carbocycles. The fraction of sp³-hybridized carbons (Fsp3) is 0.500. The van der Waals surface area contributed by atoms with Crippen LogP contribution in [0.25, 0.3) is 0 Å². The van der Waals surface area contributed by atoms with E-state index in [1.165, 1.54) is 7.11 Å². The van der Waals surface area contributed by atoms with Gasteiger partial charge in [-0.2, -0.15) is 0 Å². The van der Waals surface area contributed by atoms with Gasteiger partial charge < -0.3 is 19.1 Å². The Labute approximate surface area is 173 Å². The number of esters is 1. The van der Waals surface area contributed by atoms with Gasteiger partial charge in [0.25, 0.3) is 0 Å². The summed E-state index contributed by atoms with van der Waals surface area (Å²) in [6, 6.07) is 5.48. The number of hydrogen-bond donors (Lipinski definition) is 0. The third kappa shape index (κ3) is 1.70. The van der Waals surface area contributed by atoms with Crippen LogP contribution in [0, 0.1) is 5.92 Å². The number of ether oxygens (including phenoxy) is 3. The molecule has 30 heavy (non-hydrogen) atoms. The van der Waals surface area contributed by atoms with Gasteiger partial charge in [0, 0.05) is 24.6 Å². The van der Waals surface area contributed by atoms with Crippen molar-refractivity contribution in [3.63, 3.8) is 0 Å². The molecule has 5 heterocycles. The maximum absolute atomic E-state index is 13.3. The van der Waals surface area contributed by atoms with Crippen molar-refractivity contribution in [3.8, 4) is 5.75 Å². The lowest BCUT2D eigenvalue weighted by molar-refractivity contribution is -0.152. The summed E-state index contributed by atoms with van der Waals surface area (Å²) in [7, 11) is 2.93. The topological polar surface area (TPSA) is 85.4 Å². The summed E-state index contributed by atoms with van der Waals surface area (Å²) in [5.74, 6) is -0.273. The SMILES string of the molecule is COC(=O)N1c2ccc(OC)cc2[C@]23CCN4C(=O)C=C[C@]45CC[C@]12[C@@H](C5)C(=O)O3. The Hall–Kier alpha value is -3.03. The first-order valence-electron chi connectivity index (χ1n) is 10.2. The number of benzene rings is 1. The van der Waals surface area contributed by atoms with Crippen molar-refractivity contribution in [2.75, 3.05) is 25.7 Å². The van der Waals surface area contributed by atoms with Crippen molar-refractivity contribution in [3.05, 3.63) is 35.9 Å². The highest BCUT2D eigenvalue weighted by Crippen LogP contribution is 2.68. The van der Waals surface area contributed by atoms with Gasteiger partial charge in [-0.05, 0) is 37.5 Å². The number of fused-ring (bicyclic) bond motifs is 3. The highest BCUT2D eigenvalue weighted by Gasteiger charge is 2.78. The summed E-state index contributed by atoms with van der Waals surface area (Å²) in [4.78, 5) is 42.5. The number of anilines is 1. The lowest BCUT2D eigenvalue weighted by Crippen LogP contribution is -2.69. The van der Waals surface area contributed by atoms with Crippen molar-refractivity contribution in [2.24, 2.45) is 5.92 Å². The number of amides is 2. The highest BCUT2D eigenvalue weighted by molar-refractivity contribution is 5.99. The number of nitrogens with zero attached hydrogens (tertiary/aromatic N) is 2. The molecular formula is C22H22N2O6.